The van der Waals surface area contributed by atoms with Crippen LogP contribution in [0, 0.1) is 0 Å². The van der Waals surface area contributed by atoms with E-state index in [1.807, 2.05) is 11.8 Å². The predicted molar refractivity (Wildman–Crippen MR) is 74.8 cm³/mol. The van der Waals surface area contributed by atoms with Gasteiger partial charge in [-0.25, -0.2) is 13.1 Å². The van der Waals surface area contributed by atoms with E-state index in [1.165, 1.54) is 4.68 Å². The summed E-state index contributed by atoms with van der Waals surface area (Å²) in [5, 5.41) is 4.34. The molecule has 1 aliphatic heterocycles. The number of aryl methyl sites for hydroxylation is 1. The third kappa shape index (κ3) is 2.69. The first-order chi connectivity index (χ1) is 8.84. The highest BCUT2D eigenvalue weighted by atomic mass is 32.2. The second-order valence-corrected chi connectivity index (χ2v) is 6.93. The standard InChI is InChI=1S/C11H21N5O2S/c1-3-16-10(13)9(19(2,17)18)11(14-16)15-6-4-5-8(12)7-15/h8H,3-7,12-13H2,1-2H3. The summed E-state index contributed by atoms with van der Waals surface area (Å²) in [4.78, 5) is 2.05. The Kier molecular flexibility index (Phi) is 3.73. The largest absolute Gasteiger partial charge is 0.383 e. The average molecular weight is 287 g/mol. The second-order valence-electron chi connectivity index (χ2n) is 4.97. The summed E-state index contributed by atoms with van der Waals surface area (Å²) in [6, 6.07) is 0.0501. The van der Waals surface area contributed by atoms with Gasteiger partial charge in [0.15, 0.2) is 20.6 Å². The van der Waals surface area contributed by atoms with Crippen molar-refractivity contribution in [2.45, 2.75) is 37.2 Å². The lowest BCUT2D eigenvalue weighted by molar-refractivity contribution is 0.498. The highest BCUT2D eigenvalue weighted by Gasteiger charge is 2.29. The van der Waals surface area contributed by atoms with Gasteiger partial charge in [-0.05, 0) is 19.8 Å². The summed E-state index contributed by atoms with van der Waals surface area (Å²) in [5.41, 5.74) is 11.8. The Morgan fingerprint density at radius 3 is 2.68 bits per heavy atom. The third-order valence-corrected chi connectivity index (χ3v) is 4.49. The summed E-state index contributed by atoms with van der Waals surface area (Å²) in [7, 11) is -3.41. The normalized spacial score (nSPS) is 20.8. The molecule has 2 rings (SSSR count). The van der Waals surface area contributed by atoms with Gasteiger partial charge in [-0.1, -0.05) is 0 Å². The molecule has 4 N–H and O–H groups in total. The molecule has 0 aliphatic carbocycles. The Balaban J connectivity index is 2.50. The zero-order valence-electron chi connectivity index (χ0n) is 11.3. The summed E-state index contributed by atoms with van der Waals surface area (Å²) >= 11 is 0. The van der Waals surface area contributed by atoms with Crippen LogP contribution in [0.25, 0.3) is 0 Å². The van der Waals surface area contributed by atoms with Gasteiger partial charge in [0.25, 0.3) is 0 Å². The molecular weight excluding hydrogens is 266 g/mol. The molecule has 1 fully saturated rings. The van der Waals surface area contributed by atoms with Gasteiger partial charge in [-0.3, -0.25) is 0 Å². The maximum absolute atomic E-state index is 11.9. The first-order valence-electron chi connectivity index (χ1n) is 6.41. The van der Waals surface area contributed by atoms with Crippen molar-refractivity contribution in [3.8, 4) is 0 Å². The van der Waals surface area contributed by atoms with Crippen LogP contribution in [0.4, 0.5) is 11.6 Å². The highest BCUT2D eigenvalue weighted by Crippen LogP contribution is 2.31. The molecule has 0 spiro atoms. The van der Waals surface area contributed by atoms with Crippen molar-refractivity contribution in [3.63, 3.8) is 0 Å². The van der Waals surface area contributed by atoms with E-state index in [0.717, 1.165) is 25.6 Å². The van der Waals surface area contributed by atoms with Crippen molar-refractivity contribution in [2.24, 2.45) is 5.73 Å². The van der Waals surface area contributed by atoms with E-state index in [2.05, 4.69) is 5.10 Å². The number of nitrogens with two attached hydrogens (primary N) is 2. The van der Waals surface area contributed by atoms with Gasteiger partial charge in [-0.15, -0.1) is 0 Å². The van der Waals surface area contributed by atoms with Crippen LogP contribution in [-0.2, 0) is 16.4 Å². The van der Waals surface area contributed by atoms with Crippen molar-refractivity contribution in [2.75, 3.05) is 30.0 Å². The maximum atomic E-state index is 11.9. The smallest absolute Gasteiger partial charge is 0.182 e. The Morgan fingerprint density at radius 1 is 1.47 bits per heavy atom. The Labute approximate surface area is 113 Å². The summed E-state index contributed by atoms with van der Waals surface area (Å²) in [5.74, 6) is 0.649. The molecule has 19 heavy (non-hydrogen) atoms. The quantitative estimate of drug-likeness (QED) is 0.798. The van der Waals surface area contributed by atoms with Gasteiger partial charge < -0.3 is 16.4 Å². The van der Waals surface area contributed by atoms with E-state index in [0.29, 0.717) is 18.9 Å². The van der Waals surface area contributed by atoms with Gasteiger partial charge >= 0.3 is 0 Å². The highest BCUT2D eigenvalue weighted by molar-refractivity contribution is 7.91. The summed E-state index contributed by atoms with van der Waals surface area (Å²) in [6.45, 7) is 3.79. The molecule has 8 heteroatoms. The Hall–Kier alpha value is -1.28. The first kappa shape index (κ1) is 14.1. The Morgan fingerprint density at radius 2 is 2.16 bits per heavy atom. The van der Waals surface area contributed by atoms with E-state index in [4.69, 9.17) is 11.5 Å². The second kappa shape index (κ2) is 5.01. The molecule has 1 aromatic heterocycles. The van der Waals surface area contributed by atoms with Gasteiger partial charge in [-0.2, -0.15) is 5.10 Å². The number of hydrogen-bond donors (Lipinski definition) is 2. The van der Waals surface area contributed by atoms with Crippen LogP contribution in [0.3, 0.4) is 0 Å². The lowest BCUT2D eigenvalue weighted by Crippen LogP contribution is -2.43. The van der Waals surface area contributed by atoms with Gasteiger partial charge in [0.1, 0.15) is 5.82 Å². The fourth-order valence-electron chi connectivity index (χ4n) is 2.45. The first-order valence-corrected chi connectivity index (χ1v) is 8.30. The summed E-state index contributed by atoms with van der Waals surface area (Å²) < 4.78 is 25.4. The van der Waals surface area contributed by atoms with Crippen LogP contribution < -0.4 is 16.4 Å². The number of hydrogen-bond acceptors (Lipinski definition) is 6. The molecule has 2 heterocycles. The van der Waals surface area contributed by atoms with Crippen molar-refractivity contribution < 1.29 is 8.42 Å². The van der Waals surface area contributed by atoms with Crippen molar-refractivity contribution in [1.29, 1.82) is 0 Å². The topological polar surface area (TPSA) is 107 Å². The number of nitrogen functional groups attached to an aromatic ring is 1. The minimum Gasteiger partial charge on any atom is -0.383 e. The number of anilines is 2. The van der Waals surface area contributed by atoms with Crippen LogP contribution in [0.5, 0.6) is 0 Å². The molecular formula is C11H21N5O2S. The molecule has 1 aromatic rings. The number of nitrogens with zero attached hydrogens (tertiary/aromatic N) is 3. The fraction of sp³-hybridized carbons (Fsp3) is 0.727. The molecule has 7 nitrogen and oxygen atoms in total. The van der Waals surface area contributed by atoms with Crippen molar-refractivity contribution in [1.82, 2.24) is 9.78 Å². The van der Waals surface area contributed by atoms with Crippen LogP contribution in [0.2, 0.25) is 0 Å². The van der Waals surface area contributed by atoms with Crippen LogP contribution in [0.15, 0.2) is 4.90 Å². The summed E-state index contributed by atoms with van der Waals surface area (Å²) in [6.07, 6.45) is 3.05. The van der Waals surface area contributed by atoms with E-state index in [-0.39, 0.29) is 16.8 Å². The molecule has 1 saturated heterocycles. The number of piperidine rings is 1. The molecule has 1 atom stereocenters. The van der Waals surface area contributed by atoms with E-state index >= 15 is 0 Å². The number of rotatable bonds is 3. The van der Waals surface area contributed by atoms with Crippen LogP contribution >= 0.6 is 0 Å². The Bertz CT molecular complexity index is 566. The maximum Gasteiger partial charge on any atom is 0.182 e. The van der Waals surface area contributed by atoms with Crippen LogP contribution in [0.1, 0.15) is 19.8 Å². The lowest BCUT2D eigenvalue weighted by atomic mass is 10.1. The molecule has 0 aromatic carbocycles. The van der Waals surface area contributed by atoms with E-state index in [9.17, 15) is 8.42 Å². The zero-order chi connectivity index (χ0) is 14.2. The van der Waals surface area contributed by atoms with E-state index < -0.39 is 9.84 Å². The molecule has 0 saturated carbocycles. The van der Waals surface area contributed by atoms with Gasteiger partial charge in [0.05, 0.1) is 0 Å². The van der Waals surface area contributed by atoms with Gasteiger partial charge in [0.2, 0.25) is 0 Å². The zero-order valence-corrected chi connectivity index (χ0v) is 12.2. The van der Waals surface area contributed by atoms with Gasteiger partial charge in [0, 0.05) is 31.9 Å². The average Bonchev–Trinajstić information content (AvgIpc) is 2.66. The minimum atomic E-state index is -3.41. The van der Waals surface area contributed by atoms with E-state index in [1.54, 1.807) is 0 Å². The van der Waals surface area contributed by atoms with Crippen molar-refractivity contribution >= 4 is 21.5 Å². The molecule has 0 amide bonds. The number of aromatic nitrogens is 2. The molecule has 1 aliphatic rings. The van der Waals surface area contributed by atoms with Crippen LogP contribution in [-0.4, -0.2) is 43.6 Å². The minimum absolute atomic E-state index is 0.0501. The predicted octanol–water partition coefficient (Wildman–Crippen LogP) is -0.184. The number of sulfone groups is 1. The lowest BCUT2D eigenvalue weighted by Gasteiger charge is -2.31. The van der Waals surface area contributed by atoms with Crippen molar-refractivity contribution in [3.05, 3.63) is 0 Å². The molecule has 108 valence electrons. The molecule has 0 bridgehead atoms. The third-order valence-electron chi connectivity index (χ3n) is 3.36. The molecule has 0 radical (unpaired) electrons. The fourth-order valence-corrected chi connectivity index (χ4v) is 3.44. The molecule has 1 unspecified atom stereocenters. The SMILES string of the molecule is CCn1nc(N2CCCC(N)C2)c(S(C)(=O)=O)c1N. The monoisotopic (exact) mass is 287 g/mol.